The number of benzene rings is 6. The van der Waals surface area contributed by atoms with Crippen LogP contribution >= 0.6 is 0 Å². The minimum atomic E-state index is -0.0636. The predicted molar refractivity (Wildman–Crippen MR) is 153 cm³/mol. The highest BCUT2D eigenvalue weighted by Crippen LogP contribution is 2.56. The fourth-order valence-corrected chi connectivity index (χ4v) is 6.80. The minimum absolute atomic E-state index is 0.0636. The Morgan fingerprint density at radius 2 is 1.25 bits per heavy atom. The van der Waals surface area contributed by atoms with Crippen LogP contribution in [0.5, 0.6) is 0 Å². The molecule has 0 unspecified atom stereocenters. The molecule has 0 bridgehead atoms. The third kappa shape index (κ3) is 2.40. The van der Waals surface area contributed by atoms with Gasteiger partial charge in [0.15, 0.2) is 0 Å². The Morgan fingerprint density at radius 3 is 2.11 bits per heavy atom. The summed E-state index contributed by atoms with van der Waals surface area (Å²) in [7, 11) is 0. The van der Waals surface area contributed by atoms with Gasteiger partial charge in [-0.3, -0.25) is 0 Å². The van der Waals surface area contributed by atoms with E-state index >= 15 is 0 Å². The van der Waals surface area contributed by atoms with Gasteiger partial charge < -0.3 is 4.57 Å². The van der Waals surface area contributed by atoms with Crippen molar-refractivity contribution in [1.82, 2.24) is 4.57 Å². The highest BCUT2D eigenvalue weighted by atomic mass is 15.0. The highest BCUT2D eigenvalue weighted by molar-refractivity contribution is 6.26. The van der Waals surface area contributed by atoms with Gasteiger partial charge in [-0.15, -0.1) is 0 Å². The van der Waals surface area contributed by atoms with Gasteiger partial charge in [0.1, 0.15) is 0 Å². The van der Waals surface area contributed by atoms with E-state index in [1.165, 1.54) is 71.3 Å². The van der Waals surface area contributed by atoms with Gasteiger partial charge in [-0.25, -0.2) is 0 Å². The van der Waals surface area contributed by atoms with E-state index in [0.29, 0.717) is 0 Å². The second kappa shape index (κ2) is 6.86. The summed E-state index contributed by atoms with van der Waals surface area (Å²) in [5, 5.41) is 7.88. The zero-order valence-electron chi connectivity index (χ0n) is 20.4. The molecule has 1 heterocycles. The molecule has 0 aliphatic heterocycles. The zero-order valence-corrected chi connectivity index (χ0v) is 20.4. The van der Waals surface area contributed by atoms with Crippen molar-refractivity contribution in [3.63, 3.8) is 0 Å². The lowest BCUT2D eigenvalue weighted by atomic mass is 9.79. The molecule has 0 fully saturated rings. The smallest absolute Gasteiger partial charge is 0.0625 e. The maximum atomic E-state index is 2.49. The van der Waals surface area contributed by atoms with E-state index in [0.717, 1.165) is 0 Å². The van der Waals surface area contributed by atoms with Crippen molar-refractivity contribution < 1.29 is 0 Å². The average molecular weight is 460 g/mol. The van der Waals surface area contributed by atoms with E-state index in [9.17, 15) is 0 Å². The summed E-state index contributed by atoms with van der Waals surface area (Å²) >= 11 is 0. The standard InChI is InChI=1S/C35H25N/c1-35(2)29-17-9-7-15-27(29)31-32-28-16-8-10-18-30(28)36(24-20-19-22-11-3-4-12-23(22)21-24)34(32)26-14-6-5-13-25(26)33(31)35/h3-21H,1-2H3. The molecule has 1 aromatic heterocycles. The first-order valence-electron chi connectivity index (χ1n) is 12.7. The van der Waals surface area contributed by atoms with Crippen LogP contribution in [0.15, 0.2) is 115 Å². The first kappa shape index (κ1) is 19.9. The summed E-state index contributed by atoms with van der Waals surface area (Å²) in [4.78, 5) is 0. The third-order valence-electron chi connectivity index (χ3n) is 8.31. The molecule has 1 aliphatic rings. The van der Waals surface area contributed by atoms with Crippen LogP contribution < -0.4 is 0 Å². The predicted octanol–water partition coefficient (Wildman–Crippen LogP) is 9.40. The first-order chi connectivity index (χ1) is 17.6. The average Bonchev–Trinajstić information content (AvgIpc) is 3.39. The molecule has 7 aromatic rings. The summed E-state index contributed by atoms with van der Waals surface area (Å²) < 4.78 is 2.49. The van der Waals surface area contributed by atoms with Crippen LogP contribution in [0.2, 0.25) is 0 Å². The fourth-order valence-electron chi connectivity index (χ4n) is 6.80. The number of aromatic nitrogens is 1. The maximum Gasteiger partial charge on any atom is 0.0625 e. The first-order valence-corrected chi connectivity index (χ1v) is 12.7. The van der Waals surface area contributed by atoms with Gasteiger partial charge >= 0.3 is 0 Å². The van der Waals surface area contributed by atoms with E-state index in [4.69, 9.17) is 0 Å². The zero-order chi connectivity index (χ0) is 24.0. The molecule has 0 N–H and O–H groups in total. The molecule has 0 spiro atoms. The molecular formula is C35H25N. The van der Waals surface area contributed by atoms with Crippen LogP contribution in [-0.2, 0) is 5.41 Å². The molecule has 1 nitrogen and oxygen atoms in total. The summed E-state index contributed by atoms with van der Waals surface area (Å²) in [5.74, 6) is 0. The Kier molecular flexibility index (Phi) is 3.79. The lowest BCUT2D eigenvalue weighted by molar-refractivity contribution is 0.666. The van der Waals surface area contributed by atoms with E-state index in [-0.39, 0.29) is 5.41 Å². The quantitative estimate of drug-likeness (QED) is 0.230. The summed E-state index contributed by atoms with van der Waals surface area (Å²) in [6, 6.07) is 42.4. The Labute approximate surface area is 210 Å². The number of hydrogen-bond acceptors (Lipinski definition) is 0. The van der Waals surface area contributed by atoms with Crippen molar-refractivity contribution in [3.8, 4) is 16.8 Å². The second-order valence-electron chi connectivity index (χ2n) is 10.6. The molecule has 0 saturated heterocycles. The maximum absolute atomic E-state index is 2.49. The molecule has 0 atom stereocenters. The van der Waals surface area contributed by atoms with E-state index in [1.807, 2.05) is 0 Å². The van der Waals surface area contributed by atoms with Crippen molar-refractivity contribution in [2.75, 3.05) is 0 Å². The van der Waals surface area contributed by atoms with E-state index in [2.05, 4.69) is 134 Å². The van der Waals surface area contributed by atoms with Crippen LogP contribution in [-0.4, -0.2) is 4.57 Å². The fraction of sp³-hybridized carbons (Fsp3) is 0.0857. The van der Waals surface area contributed by atoms with Gasteiger partial charge in [0.05, 0.1) is 11.0 Å². The van der Waals surface area contributed by atoms with Gasteiger partial charge in [-0.1, -0.05) is 111 Å². The number of para-hydroxylation sites is 1. The number of rotatable bonds is 1. The molecule has 0 amide bonds. The lowest BCUT2D eigenvalue weighted by Crippen LogP contribution is -2.15. The molecule has 0 saturated carbocycles. The largest absolute Gasteiger partial charge is 0.309 e. The summed E-state index contributed by atoms with van der Waals surface area (Å²) in [6.07, 6.45) is 0. The highest BCUT2D eigenvalue weighted by Gasteiger charge is 2.39. The van der Waals surface area contributed by atoms with Crippen LogP contribution in [0.3, 0.4) is 0 Å². The normalized spacial score (nSPS) is 14.1. The molecular weight excluding hydrogens is 434 g/mol. The molecule has 0 radical (unpaired) electrons. The van der Waals surface area contributed by atoms with Gasteiger partial charge in [0.25, 0.3) is 0 Å². The van der Waals surface area contributed by atoms with Crippen molar-refractivity contribution in [2.24, 2.45) is 0 Å². The van der Waals surface area contributed by atoms with Gasteiger partial charge in [0, 0.05) is 27.3 Å². The van der Waals surface area contributed by atoms with Crippen LogP contribution in [0, 0.1) is 0 Å². The van der Waals surface area contributed by atoms with Crippen molar-refractivity contribution in [3.05, 3.63) is 126 Å². The number of hydrogen-bond donors (Lipinski definition) is 0. The molecule has 170 valence electrons. The Bertz CT molecular complexity index is 2020. The molecule has 1 heteroatoms. The summed E-state index contributed by atoms with van der Waals surface area (Å²) in [5.41, 5.74) is 9.34. The molecule has 6 aromatic carbocycles. The van der Waals surface area contributed by atoms with Crippen LogP contribution in [0.25, 0.3) is 60.2 Å². The van der Waals surface area contributed by atoms with Crippen LogP contribution in [0.1, 0.15) is 25.0 Å². The molecule has 36 heavy (non-hydrogen) atoms. The van der Waals surface area contributed by atoms with Crippen molar-refractivity contribution in [1.29, 1.82) is 0 Å². The second-order valence-corrected chi connectivity index (χ2v) is 10.6. The lowest BCUT2D eigenvalue weighted by Gasteiger charge is -2.24. The van der Waals surface area contributed by atoms with Crippen molar-refractivity contribution >= 4 is 43.4 Å². The van der Waals surface area contributed by atoms with Gasteiger partial charge in [0.2, 0.25) is 0 Å². The number of fused-ring (bicyclic) bond motifs is 11. The SMILES string of the molecule is CC1(C)c2ccccc2-c2c1c1ccccc1c1c2c2ccccc2n1-c1ccc2ccccc2c1. The Balaban J connectivity index is 1.66. The Hall–Kier alpha value is -4.36. The topological polar surface area (TPSA) is 4.93 Å². The third-order valence-corrected chi connectivity index (χ3v) is 8.31. The minimum Gasteiger partial charge on any atom is -0.309 e. The van der Waals surface area contributed by atoms with Gasteiger partial charge in [-0.05, 0) is 56.6 Å². The monoisotopic (exact) mass is 459 g/mol. The molecule has 1 aliphatic carbocycles. The Morgan fingerprint density at radius 1 is 0.583 bits per heavy atom. The van der Waals surface area contributed by atoms with Gasteiger partial charge in [-0.2, -0.15) is 0 Å². The van der Waals surface area contributed by atoms with E-state index < -0.39 is 0 Å². The number of nitrogens with zero attached hydrogens (tertiary/aromatic N) is 1. The summed E-state index contributed by atoms with van der Waals surface area (Å²) in [6.45, 7) is 4.77. The van der Waals surface area contributed by atoms with E-state index in [1.54, 1.807) is 0 Å². The van der Waals surface area contributed by atoms with Crippen LogP contribution in [0.4, 0.5) is 0 Å². The molecule has 8 rings (SSSR count). The van der Waals surface area contributed by atoms with Crippen molar-refractivity contribution in [2.45, 2.75) is 19.3 Å².